The molecule has 1 atom stereocenters. The normalized spacial score (nSPS) is 18.8. The summed E-state index contributed by atoms with van der Waals surface area (Å²) in [7, 11) is -3.96. The maximum absolute atomic E-state index is 12.1. The predicted octanol–water partition coefficient (Wildman–Crippen LogP) is 1.40. The van der Waals surface area contributed by atoms with Gasteiger partial charge in [-0.15, -0.1) is 0 Å². The quantitative estimate of drug-likeness (QED) is 0.895. The van der Waals surface area contributed by atoms with Gasteiger partial charge in [-0.3, -0.25) is 9.59 Å². The lowest BCUT2D eigenvalue weighted by molar-refractivity contribution is -0.129. The summed E-state index contributed by atoms with van der Waals surface area (Å²) < 4.78 is 26.3. The molecule has 0 radical (unpaired) electrons. The van der Waals surface area contributed by atoms with Crippen molar-refractivity contribution in [3.63, 3.8) is 0 Å². The Balaban J connectivity index is 2.09. The second-order valence-corrected chi connectivity index (χ2v) is 7.58. The zero-order chi connectivity index (χ0) is 16.5. The first-order chi connectivity index (χ1) is 10.2. The summed E-state index contributed by atoms with van der Waals surface area (Å²) >= 11 is 5.71. The van der Waals surface area contributed by atoms with E-state index in [1.807, 2.05) is 18.6 Å². The summed E-state index contributed by atoms with van der Waals surface area (Å²) in [5, 5.41) is 0.402. The summed E-state index contributed by atoms with van der Waals surface area (Å²) in [4.78, 5) is 25.4. The SMILES string of the molecule is CC(C)N1CC(C(=O)NS(=O)(=O)c2ccc(Cl)cc2)CC1=O. The van der Waals surface area contributed by atoms with Gasteiger partial charge >= 0.3 is 0 Å². The maximum atomic E-state index is 12.1. The van der Waals surface area contributed by atoms with Gasteiger partial charge in [0.05, 0.1) is 10.8 Å². The molecule has 22 heavy (non-hydrogen) atoms. The molecule has 1 saturated heterocycles. The molecule has 120 valence electrons. The average molecular weight is 345 g/mol. The molecule has 1 N–H and O–H groups in total. The summed E-state index contributed by atoms with van der Waals surface area (Å²) in [6.45, 7) is 3.93. The molecule has 0 saturated carbocycles. The molecule has 8 heteroatoms. The first-order valence-corrected chi connectivity index (χ1v) is 8.68. The van der Waals surface area contributed by atoms with Gasteiger partial charge in [-0.05, 0) is 38.1 Å². The van der Waals surface area contributed by atoms with Gasteiger partial charge in [0.25, 0.3) is 10.0 Å². The molecular formula is C14H17ClN2O4S. The van der Waals surface area contributed by atoms with Crippen molar-refractivity contribution in [2.24, 2.45) is 5.92 Å². The Bertz CT molecular complexity index is 685. The number of halogens is 1. The predicted molar refractivity (Wildman–Crippen MR) is 81.7 cm³/mol. The van der Waals surface area contributed by atoms with Crippen LogP contribution in [0.25, 0.3) is 0 Å². The van der Waals surface area contributed by atoms with Crippen molar-refractivity contribution in [1.82, 2.24) is 9.62 Å². The number of likely N-dealkylation sites (tertiary alicyclic amines) is 1. The van der Waals surface area contributed by atoms with Crippen LogP contribution >= 0.6 is 11.6 Å². The Hall–Kier alpha value is -1.60. The van der Waals surface area contributed by atoms with E-state index in [4.69, 9.17) is 11.6 Å². The largest absolute Gasteiger partial charge is 0.339 e. The topological polar surface area (TPSA) is 83.6 Å². The van der Waals surface area contributed by atoms with Crippen LogP contribution in [-0.4, -0.2) is 37.7 Å². The van der Waals surface area contributed by atoms with E-state index in [2.05, 4.69) is 0 Å². The van der Waals surface area contributed by atoms with E-state index in [9.17, 15) is 18.0 Å². The molecular weight excluding hydrogens is 328 g/mol. The van der Waals surface area contributed by atoms with Gasteiger partial charge in [0.2, 0.25) is 11.8 Å². The molecule has 1 fully saturated rings. The van der Waals surface area contributed by atoms with Crippen molar-refractivity contribution in [1.29, 1.82) is 0 Å². The molecule has 1 aliphatic heterocycles. The molecule has 0 bridgehead atoms. The zero-order valence-electron chi connectivity index (χ0n) is 12.2. The van der Waals surface area contributed by atoms with Crippen molar-refractivity contribution in [2.45, 2.75) is 31.2 Å². The van der Waals surface area contributed by atoms with Crippen molar-refractivity contribution in [3.05, 3.63) is 29.3 Å². The van der Waals surface area contributed by atoms with Crippen LogP contribution < -0.4 is 4.72 Å². The minimum Gasteiger partial charge on any atom is -0.339 e. The summed E-state index contributed by atoms with van der Waals surface area (Å²) in [6, 6.07) is 5.48. The first kappa shape index (κ1) is 16.8. The monoisotopic (exact) mass is 344 g/mol. The highest BCUT2D eigenvalue weighted by molar-refractivity contribution is 7.90. The Morgan fingerprint density at radius 2 is 1.91 bits per heavy atom. The highest BCUT2D eigenvalue weighted by Gasteiger charge is 2.36. The molecule has 1 aromatic carbocycles. The van der Waals surface area contributed by atoms with Crippen molar-refractivity contribution < 1.29 is 18.0 Å². The van der Waals surface area contributed by atoms with Crippen LogP contribution in [0, 0.1) is 5.92 Å². The number of carbonyl (C=O) groups is 2. The number of sulfonamides is 1. The van der Waals surface area contributed by atoms with Crippen molar-refractivity contribution >= 4 is 33.4 Å². The van der Waals surface area contributed by atoms with Crippen molar-refractivity contribution in [3.8, 4) is 0 Å². The summed E-state index contributed by atoms with van der Waals surface area (Å²) in [6.07, 6.45) is 0.0279. The summed E-state index contributed by atoms with van der Waals surface area (Å²) in [5.41, 5.74) is 0. The number of rotatable bonds is 4. The second-order valence-electron chi connectivity index (χ2n) is 5.46. The number of nitrogens with one attached hydrogen (secondary N) is 1. The minimum absolute atomic E-state index is 0.0156. The van der Waals surface area contributed by atoms with Crippen LogP contribution in [0.2, 0.25) is 5.02 Å². The molecule has 6 nitrogen and oxygen atoms in total. The smallest absolute Gasteiger partial charge is 0.264 e. The number of hydrogen-bond donors (Lipinski definition) is 1. The molecule has 0 aromatic heterocycles. The molecule has 1 heterocycles. The zero-order valence-corrected chi connectivity index (χ0v) is 13.8. The van der Waals surface area contributed by atoms with Gasteiger partial charge in [0.1, 0.15) is 0 Å². The fourth-order valence-corrected chi connectivity index (χ4v) is 3.46. The number of benzene rings is 1. The third-order valence-corrected chi connectivity index (χ3v) is 5.13. The Morgan fingerprint density at radius 3 is 2.41 bits per heavy atom. The molecule has 2 rings (SSSR count). The number of amides is 2. The van der Waals surface area contributed by atoms with E-state index >= 15 is 0 Å². The van der Waals surface area contributed by atoms with Crippen LogP contribution in [0.5, 0.6) is 0 Å². The highest BCUT2D eigenvalue weighted by atomic mass is 35.5. The molecule has 1 aromatic rings. The van der Waals surface area contributed by atoms with E-state index in [-0.39, 0.29) is 29.8 Å². The lowest BCUT2D eigenvalue weighted by Crippen LogP contribution is -2.38. The highest BCUT2D eigenvalue weighted by Crippen LogP contribution is 2.21. The number of carbonyl (C=O) groups excluding carboxylic acids is 2. The lowest BCUT2D eigenvalue weighted by atomic mass is 10.1. The van der Waals surface area contributed by atoms with Crippen LogP contribution in [0.3, 0.4) is 0 Å². The number of nitrogens with zero attached hydrogens (tertiary/aromatic N) is 1. The van der Waals surface area contributed by atoms with Gasteiger partial charge < -0.3 is 4.90 Å². The maximum Gasteiger partial charge on any atom is 0.264 e. The van der Waals surface area contributed by atoms with Gasteiger partial charge in [0, 0.05) is 24.0 Å². The third kappa shape index (κ3) is 3.59. The minimum atomic E-state index is -3.96. The van der Waals surface area contributed by atoms with Crippen LogP contribution in [0.4, 0.5) is 0 Å². The van der Waals surface area contributed by atoms with E-state index < -0.39 is 21.8 Å². The van der Waals surface area contributed by atoms with Gasteiger partial charge in [-0.25, -0.2) is 13.1 Å². The van der Waals surface area contributed by atoms with E-state index in [1.54, 1.807) is 4.90 Å². The van der Waals surface area contributed by atoms with Crippen LogP contribution in [0.15, 0.2) is 29.2 Å². The van der Waals surface area contributed by atoms with E-state index in [0.717, 1.165) is 0 Å². The molecule has 0 spiro atoms. The Morgan fingerprint density at radius 1 is 1.32 bits per heavy atom. The van der Waals surface area contributed by atoms with Crippen LogP contribution in [0.1, 0.15) is 20.3 Å². The lowest BCUT2D eigenvalue weighted by Gasteiger charge is -2.20. The average Bonchev–Trinajstić information content (AvgIpc) is 2.81. The molecule has 1 unspecified atom stereocenters. The standard InChI is InChI=1S/C14H17ClN2O4S/c1-9(2)17-8-10(7-13(17)18)14(19)16-22(20,21)12-5-3-11(15)4-6-12/h3-6,9-10H,7-8H2,1-2H3,(H,16,19). The fraction of sp³-hybridized carbons (Fsp3) is 0.429. The van der Waals surface area contributed by atoms with Gasteiger partial charge in [0.15, 0.2) is 0 Å². The molecule has 1 aliphatic rings. The Labute approximate surface area is 134 Å². The van der Waals surface area contributed by atoms with Crippen molar-refractivity contribution in [2.75, 3.05) is 6.54 Å². The third-order valence-electron chi connectivity index (χ3n) is 3.51. The number of hydrogen-bond acceptors (Lipinski definition) is 4. The Kier molecular flexibility index (Phi) is 4.77. The van der Waals surface area contributed by atoms with Gasteiger partial charge in [-0.1, -0.05) is 11.6 Å². The van der Waals surface area contributed by atoms with Gasteiger partial charge in [-0.2, -0.15) is 0 Å². The second kappa shape index (κ2) is 6.26. The van der Waals surface area contributed by atoms with Crippen LogP contribution in [-0.2, 0) is 19.6 Å². The van der Waals surface area contributed by atoms with E-state index in [1.165, 1.54) is 24.3 Å². The summed E-state index contributed by atoms with van der Waals surface area (Å²) in [5.74, 6) is -1.46. The first-order valence-electron chi connectivity index (χ1n) is 6.82. The fourth-order valence-electron chi connectivity index (χ4n) is 2.29. The molecule has 2 amide bonds. The van der Waals surface area contributed by atoms with E-state index in [0.29, 0.717) is 5.02 Å². The molecule has 0 aliphatic carbocycles.